The van der Waals surface area contributed by atoms with Crippen molar-refractivity contribution in [1.82, 2.24) is 0 Å². The van der Waals surface area contributed by atoms with Gasteiger partial charge in [0.2, 0.25) is 0 Å². The van der Waals surface area contributed by atoms with Gasteiger partial charge in [0.1, 0.15) is 6.61 Å². The van der Waals surface area contributed by atoms with Gasteiger partial charge >= 0.3 is 0 Å². The highest BCUT2D eigenvalue weighted by Gasteiger charge is 2.39. The van der Waals surface area contributed by atoms with E-state index >= 15 is 0 Å². The van der Waals surface area contributed by atoms with Gasteiger partial charge in [0, 0.05) is 6.54 Å². The lowest BCUT2D eigenvalue weighted by Gasteiger charge is -2.40. The van der Waals surface area contributed by atoms with Crippen LogP contribution in [0.15, 0.2) is 24.3 Å². The Kier molecular flexibility index (Phi) is 2.57. The van der Waals surface area contributed by atoms with Crippen LogP contribution in [0, 0.1) is 5.92 Å². The van der Waals surface area contributed by atoms with Gasteiger partial charge in [-0.05, 0) is 18.1 Å². The zero-order valence-electron chi connectivity index (χ0n) is 9.19. The summed E-state index contributed by atoms with van der Waals surface area (Å²) in [6.07, 6.45) is 0. The van der Waals surface area contributed by atoms with Crippen molar-refractivity contribution < 1.29 is 9.47 Å². The first kappa shape index (κ1) is 10.3. The summed E-state index contributed by atoms with van der Waals surface area (Å²) in [5.74, 6) is 1.93. The standard InChI is InChI=1S/C12H17NO2/c1-9(2)12(7-13)8-14-10-5-3-4-6-11(10)15-12/h3-6,9H,7-8,13H2,1-2H3/t12-/m0/s1. The van der Waals surface area contributed by atoms with Crippen LogP contribution < -0.4 is 15.2 Å². The summed E-state index contributed by atoms with van der Waals surface area (Å²) < 4.78 is 11.7. The van der Waals surface area contributed by atoms with Crippen LogP contribution in [-0.4, -0.2) is 18.8 Å². The minimum absolute atomic E-state index is 0.329. The maximum Gasteiger partial charge on any atom is 0.162 e. The molecule has 15 heavy (non-hydrogen) atoms. The van der Waals surface area contributed by atoms with E-state index in [1.54, 1.807) is 0 Å². The van der Waals surface area contributed by atoms with Gasteiger partial charge in [-0.15, -0.1) is 0 Å². The average Bonchev–Trinajstić information content (AvgIpc) is 2.28. The van der Waals surface area contributed by atoms with E-state index in [1.807, 2.05) is 24.3 Å². The molecule has 2 N–H and O–H groups in total. The Morgan fingerprint density at radius 3 is 2.60 bits per heavy atom. The van der Waals surface area contributed by atoms with Gasteiger partial charge in [-0.3, -0.25) is 0 Å². The molecule has 0 spiro atoms. The van der Waals surface area contributed by atoms with Crippen molar-refractivity contribution in [3.05, 3.63) is 24.3 Å². The van der Waals surface area contributed by atoms with E-state index in [4.69, 9.17) is 15.2 Å². The van der Waals surface area contributed by atoms with E-state index in [2.05, 4.69) is 13.8 Å². The first-order chi connectivity index (χ1) is 7.18. The maximum absolute atomic E-state index is 5.98. The highest BCUT2D eigenvalue weighted by Crippen LogP contribution is 2.37. The zero-order valence-corrected chi connectivity index (χ0v) is 9.19. The third-order valence-electron chi connectivity index (χ3n) is 3.03. The van der Waals surface area contributed by atoms with Crippen molar-refractivity contribution in [2.24, 2.45) is 11.7 Å². The molecule has 1 atom stereocenters. The molecule has 0 bridgehead atoms. The SMILES string of the molecule is CC(C)[C@]1(CN)COc2ccccc2O1. The van der Waals surface area contributed by atoms with Crippen molar-refractivity contribution >= 4 is 0 Å². The molecule has 0 unspecified atom stereocenters. The van der Waals surface area contributed by atoms with Gasteiger partial charge in [-0.2, -0.15) is 0 Å². The largest absolute Gasteiger partial charge is 0.485 e. The van der Waals surface area contributed by atoms with Crippen LogP contribution in [0.5, 0.6) is 11.5 Å². The fourth-order valence-corrected chi connectivity index (χ4v) is 1.72. The number of fused-ring (bicyclic) bond motifs is 1. The molecule has 2 rings (SSSR count). The molecule has 1 aliphatic heterocycles. The molecule has 3 heteroatoms. The lowest BCUT2D eigenvalue weighted by atomic mass is 9.90. The summed E-state index contributed by atoms with van der Waals surface area (Å²) in [6, 6.07) is 7.71. The summed E-state index contributed by atoms with van der Waals surface area (Å²) >= 11 is 0. The first-order valence-corrected chi connectivity index (χ1v) is 5.29. The van der Waals surface area contributed by atoms with Gasteiger partial charge in [0.15, 0.2) is 17.1 Å². The van der Waals surface area contributed by atoms with Gasteiger partial charge in [0.05, 0.1) is 0 Å². The quantitative estimate of drug-likeness (QED) is 0.804. The molecule has 0 saturated carbocycles. The van der Waals surface area contributed by atoms with Crippen LogP contribution in [0.4, 0.5) is 0 Å². The first-order valence-electron chi connectivity index (χ1n) is 5.29. The molecule has 0 radical (unpaired) electrons. The maximum atomic E-state index is 5.98. The van der Waals surface area contributed by atoms with Crippen LogP contribution in [0.2, 0.25) is 0 Å². The minimum Gasteiger partial charge on any atom is -0.485 e. The summed E-state index contributed by atoms with van der Waals surface area (Å²) in [6.45, 7) is 5.20. The Morgan fingerprint density at radius 1 is 1.33 bits per heavy atom. The van der Waals surface area contributed by atoms with Crippen molar-refractivity contribution in [3.63, 3.8) is 0 Å². The van der Waals surface area contributed by atoms with Crippen molar-refractivity contribution in [3.8, 4) is 11.5 Å². The van der Waals surface area contributed by atoms with Crippen molar-refractivity contribution in [1.29, 1.82) is 0 Å². The molecule has 1 heterocycles. The minimum atomic E-state index is -0.381. The number of rotatable bonds is 2. The second-order valence-electron chi connectivity index (χ2n) is 4.26. The Bertz CT molecular complexity index is 351. The van der Waals surface area contributed by atoms with E-state index in [0.29, 0.717) is 19.1 Å². The van der Waals surface area contributed by atoms with Crippen LogP contribution in [-0.2, 0) is 0 Å². The normalized spacial score (nSPS) is 24.3. The van der Waals surface area contributed by atoms with Crippen LogP contribution in [0.1, 0.15) is 13.8 Å². The Hall–Kier alpha value is -1.22. The van der Waals surface area contributed by atoms with Crippen LogP contribution in [0.25, 0.3) is 0 Å². The van der Waals surface area contributed by atoms with E-state index in [0.717, 1.165) is 11.5 Å². The fraction of sp³-hybridized carbons (Fsp3) is 0.500. The molecule has 82 valence electrons. The molecular formula is C12H17NO2. The third kappa shape index (κ3) is 1.67. The molecule has 1 aliphatic rings. The number of ether oxygens (including phenoxy) is 2. The molecular weight excluding hydrogens is 190 g/mol. The Labute approximate surface area is 90.2 Å². The van der Waals surface area contributed by atoms with Crippen molar-refractivity contribution in [2.75, 3.05) is 13.2 Å². The highest BCUT2D eigenvalue weighted by molar-refractivity contribution is 5.41. The van der Waals surface area contributed by atoms with E-state index in [-0.39, 0.29) is 5.60 Å². The third-order valence-corrected chi connectivity index (χ3v) is 3.03. The molecule has 0 amide bonds. The van der Waals surface area contributed by atoms with Crippen molar-refractivity contribution in [2.45, 2.75) is 19.4 Å². The van der Waals surface area contributed by atoms with Gasteiger partial charge in [-0.1, -0.05) is 26.0 Å². The predicted octanol–water partition coefficient (Wildman–Crippen LogP) is 1.81. The summed E-state index contributed by atoms with van der Waals surface area (Å²) in [5.41, 5.74) is 5.41. The lowest BCUT2D eigenvalue weighted by molar-refractivity contribution is -0.0359. The highest BCUT2D eigenvalue weighted by atomic mass is 16.6. The molecule has 1 aromatic carbocycles. The zero-order chi connectivity index (χ0) is 10.9. The number of benzene rings is 1. The monoisotopic (exact) mass is 207 g/mol. The topological polar surface area (TPSA) is 44.5 Å². The fourth-order valence-electron chi connectivity index (χ4n) is 1.72. The number of para-hydroxylation sites is 2. The Balaban J connectivity index is 2.31. The molecule has 3 nitrogen and oxygen atoms in total. The van der Waals surface area contributed by atoms with Crippen LogP contribution >= 0.6 is 0 Å². The number of hydrogen-bond donors (Lipinski definition) is 1. The Morgan fingerprint density at radius 2 is 2.00 bits per heavy atom. The number of hydrogen-bond acceptors (Lipinski definition) is 3. The van der Waals surface area contributed by atoms with E-state index in [9.17, 15) is 0 Å². The lowest BCUT2D eigenvalue weighted by Crippen LogP contribution is -2.54. The second kappa shape index (κ2) is 3.74. The molecule has 0 fully saturated rings. The smallest absolute Gasteiger partial charge is 0.162 e. The number of nitrogens with two attached hydrogens (primary N) is 1. The van der Waals surface area contributed by atoms with E-state index in [1.165, 1.54) is 0 Å². The van der Waals surface area contributed by atoms with Crippen LogP contribution in [0.3, 0.4) is 0 Å². The molecule has 0 aromatic heterocycles. The molecule has 1 aromatic rings. The predicted molar refractivity (Wildman–Crippen MR) is 59.2 cm³/mol. The van der Waals surface area contributed by atoms with Gasteiger partial charge < -0.3 is 15.2 Å². The molecule has 0 saturated heterocycles. The average molecular weight is 207 g/mol. The summed E-state index contributed by atoms with van der Waals surface area (Å²) in [5, 5.41) is 0. The molecule has 0 aliphatic carbocycles. The summed E-state index contributed by atoms with van der Waals surface area (Å²) in [4.78, 5) is 0. The van der Waals surface area contributed by atoms with E-state index < -0.39 is 0 Å². The summed E-state index contributed by atoms with van der Waals surface area (Å²) in [7, 11) is 0. The van der Waals surface area contributed by atoms with Gasteiger partial charge in [0.25, 0.3) is 0 Å². The van der Waals surface area contributed by atoms with Gasteiger partial charge in [-0.25, -0.2) is 0 Å². The second-order valence-corrected chi connectivity index (χ2v) is 4.26.